The second-order valence-corrected chi connectivity index (χ2v) is 14.3. The molecule has 0 saturated carbocycles. The van der Waals surface area contributed by atoms with Gasteiger partial charge >= 0.3 is 5.97 Å². The van der Waals surface area contributed by atoms with Crippen molar-refractivity contribution in [3.05, 3.63) is 114 Å². The summed E-state index contributed by atoms with van der Waals surface area (Å²) >= 11 is 0. The van der Waals surface area contributed by atoms with E-state index in [2.05, 4.69) is 42.8 Å². The van der Waals surface area contributed by atoms with E-state index in [1.165, 1.54) is 0 Å². The van der Waals surface area contributed by atoms with Crippen LogP contribution in [0.15, 0.2) is 97.3 Å². The van der Waals surface area contributed by atoms with Crippen LogP contribution in [-0.2, 0) is 30.2 Å². The van der Waals surface area contributed by atoms with E-state index in [1.54, 1.807) is 24.2 Å². The fraction of sp³-hybridized carbons (Fsp3) is 0.447. The molecule has 0 fully saturated rings. The van der Waals surface area contributed by atoms with Crippen LogP contribution in [0.5, 0.6) is 0 Å². The highest BCUT2D eigenvalue weighted by Crippen LogP contribution is 2.34. The molecule has 12 nitrogen and oxygen atoms in total. The first-order valence-corrected chi connectivity index (χ1v) is 20.8. The quantitative estimate of drug-likeness (QED) is 0.0867. The van der Waals surface area contributed by atoms with Gasteiger partial charge in [-0.2, -0.15) is 0 Å². The van der Waals surface area contributed by atoms with E-state index >= 15 is 0 Å². The first kappa shape index (κ1) is 46.5. The summed E-state index contributed by atoms with van der Waals surface area (Å²) in [5, 5.41) is 11.8. The van der Waals surface area contributed by atoms with Crippen molar-refractivity contribution < 1.29 is 38.4 Å². The maximum Gasteiger partial charge on any atom is 0.305 e. The largest absolute Gasteiger partial charge is 0.481 e. The molecule has 0 spiro atoms. The van der Waals surface area contributed by atoms with E-state index in [-0.39, 0.29) is 30.9 Å². The van der Waals surface area contributed by atoms with Gasteiger partial charge in [-0.15, -0.1) is 0 Å². The lowest BCUT2D eigenvalue weighted by atomic mass is 10.0. The van der Waals surface area contributed by atoms with E-state index in [9.17, 15) is 14.4 Å². The van der Waals surface area contributed by atoms with Crippen molar-refractivity contribution in [1.82, 2.24) is 10.3 Å². The molecule has 12 heteroatoms. The standard InChI is InChI=1S/C47H62N4O8/c1-5-51(6-2)41-20-21-44(42(35-41)43-34-38(22-24-48-43)46(54)49-40-18-9-7-8-13-36(3)14-10-19-40)50(4)47(55)39-17-11-15-37(33-39)16-12-25-56-27-29-58-31-32-59-30-28-57-26-23-45(52)53/h7-9,11,13,15,17,20-22,24,33-35,40H,3,5-6,10,12,14,16,18-19,23,25-32H2,1-2,4H3,(H,49,54)(H,52,53)/b9-7-,13-8-/t40-/m1/s1. The highest BCUT2D eigenvalue weighted by atomic mass is 16.6. The van der Waals surface area contributed by atoms with Crippen molar-refractivity contribution in [3.8, 4) is 11.3 Å². The van der Waals surface area contributed by atoms with Crippen LogP contribution in [0.3, 0.4) is 0 Å². The second-order valence-electron chi connectivity index (χ2n) is 14.3. The van der Waals surface area contributed by atoms with Crippen molar-refractivity contribution in [2.45, 2.75) is 64.8 Å². The van der Waals surface area contributed by atoms with Crippen molar-refractivity contribution in [2.24, 2.45) is 0 Å². The van der Waals surface area contributed by atoms with Crippen molar-refractivity contribution >= 4 is 29.2 Å². The summed E-state index contributed by atoms with van der Waals surface area (Å²) in [5.41, 5.74) is 6.28. The first-order valence-electron chi connectivity index (χ1n) is 20.8. The monoisotopic (exact) mass is 810 g/mol. The van der Waals surface area contributed by atoms with Gasteiger partial charge in [-0.1, -0.05) is 48.6 Å². The number of pyridine rings is 1. The molecule has 4 rings (SSSR count). The summed E-state index contributed by atoms with van der Waals surface area (Å²) in [6, 6.07) is 17.3. The number of nitrogens with zero attached hydrogens (tertiary/aromatic N) is 3. The summed E-state index contributed by atoms with van der Waals surface area (Å²) in [4.78, 5) is 46.8. The van der Waals surface area contributed by atoms with Crippen LogP contribution in [0.1, 0.15) is 78.7 Å². The van der Waals surface area contributed by atoms with Gasteiger partial charge in [0.25, 0.3) is 11.8 Å². The van der Waals surface area contributed by atoms with Crippen LogP contribution in [0.25, 0.3) is 11.3 Å². The predicted octanol–water partition coefficient (Wildman–Crippen LogP) is 7.69. The van der Waals surface area contributed by atoms with Crippen molar-refractivity contribution in [3.63, 3.8) is 0 Å². The van der Waals surface area contributed by atoms with Crippen LogP contribution < -0.4 is 15.1 Å². The number of rotatable bonds is 24. The molecule has 1 heterocycles. The Morgan fingerprint density at radius 2 is 1.58 bits per heavy atom. The predicted molar refractivity (Wildman–Crippen MR) is 233 cm³/mol. The maximum absolute atomic E-state index is 14.1. The molecule has 1 aliphatic carbocycles. The molecule has 0 radical (unpaired) electrons. The number of carboxylic acid groups (broad SMARTS) is 1. The van der Waals surface area contributed by atoms with Gasteiger partial charge in [0.2, 0.25) is 0 Å². The molecule has 0 bridgehead atoms. The van der Waals surface area contributed by atoms with Gasteiger partial charge in [0, 0.05) is 61.4 Å². The van der Waals surface area contributed by atoms with E-state index in [0.717, 1.165) is 74.0 Å². The van der Waals surface area contributed by atoms with Gasteiger partial charge in [-0.3, -0.25) is 19.4 Å². The number of benzene rings is 2. The van der Waals surface area contributed by atoms with E-state index in [1.807, 2.05) is 60.7 Å². The molecule has 1 atom stereocenters. The van der Waals surface area contributed by atoms with E-state index < -0.39 is 5.97 Å². The van der Waals surface area contributed by atoms with Crippen molar-refractivity contribution in [2.75, 3.05) is 82.8 Å². The number of anilines is 2. The summed E-state index contributed by atoms with van der Waals surface area (Å²) in [7, 11) is 1.78. The summed E-state index contributed by atoms with van der Waals surface area (Å²) in [6.45, 7) is 13.2. The van der Waals surface area contributed by atoms with Crippen LogP contribution in [0, 0.1) is 0 Å². The summed E-state index contributed by atoms with van der Waals surface area (Å²) in [6.07, 6.45) is 14.7. The highest BCUT2D eigenvalue weighted by molar-refractivity contribution is 6.08. The molecule has 318 valence electrons. The average molecular weight is 811 g/mol. The Bertz CT molecular complexity index is 1860. The van der Waals surface area contributed by atoms with Gasteiger partial charge in [0.1, 0.15) is 0 Å². The molecule has 1 aromatic heterocycles. The minimum absolute atomic E-state index is 0.00187. The van der Waals surface area contributed by atoms with E-state index in [4.69, 9.17) is 29.0 Å². The van der Waals surface area contributed by atoms with Gasteiger partial charge in [-0.25, -0.2) is 0 Å². The molecule has 0 unspecified atom stereocenters. The minimum Gasteiger partial charge on any atom is -0.481 e. The summed E-state index contributed by atoms with van der Waals surface area (Å²) < 4.78 is 21.9. The molecular formula is C47H62N4O8. The Labute approximate surface area is 349 Å². The molecule has 2 aromatic carbocycles. The number of carbonyl (C=O) groups is 3. The minimum atomic E-state index is -0.883. The fourth-order valence-electron chi connectivity index (χ4n) is 6.68. The fourth-order valence-corrected chi connectivity index (χ4v) is 6.68. The Morgan fingerprint density at radius 1 is 0.864 bits per heavy atom. The number of aromatic nitrogens is 1. The Hall–Kier alpha value is -5.14. The normalized spacial score (nSPS) is 15.3. The second kappa shape index (κ2) is 26.1. The molecule has 0 saturated heterocycles. The van der Waals surface area contributed by atoms with Crippen LogP contribution >= 0.6 is 0 Å². The molecule has 2 amide bonds. The van der Waals surface area contributed by atoms with Gasteiger partial charge in [-0.05, 0) is 100 Å². The zero-order valence-electron chi connectivity index (χ0n) is 35.0. The molecular weight excluding hydrogens is 749 g/mol. The van der Waals surface area contributed by atoms with Gasteiger partial charge in [0.15, 0.2) is 0 Å². The highest BCUT2D eigenvalue weighted by Gasteiger charge is 2.21. The molecule has 3 aromatic rings. The SMILES string of the molecule is C=C1/C=C\C=C/C[C@@H](NC(=O)c2ccnc(-c3cc(N(CC)CC)ccc3N(C)C(=O)c3cccc(CCCOCCOCCOCCOCCC(=O)O)c3)c2)CCC1. The number of ether oxygens (including phenoxy) is 4. The van der Waals surface area contributed by atoms with E-state index in [0.29, 0.717) is 68.8 Å². The summed E-state index contributed by atoms with van der Waals surface area (Å²) in [5.74, 6) is -1.19. The lowest BCUT2D eigenvalue weighted by molar-refractivity contribution is -0.138. The smallest absolute Gasteiger partial charge is 0.305 e. The number of nitrogens with one attached hydrogen (secondary N) is 1. The molecule has 59 heavy (non-hydrogen) atoms. The lowest BCUT2D eigenvalue weighted by Gasteiger charge is -2.26. The Balaban J connectivity index is 1.35. The maximum atomic E-state index is 14.1. The number of carbonyl (C=O) groups excluding carboxylic acids is 2. The van der Waals surface area contributed by atoms with Crippen molar-refractivity contribution in [1.29, 1.82) is 0 Å². The van der Waals surface area contributed by atoms with Crippen LogP contribution in [0.4, 0.5) is 11.4 Å². The van der Waals surface area contributed by atoms with Crippen LogP contribution in [-0.4, -0.2) is 107 Å². The lowest BCUT2D eigenvalue weighted by Crippen LogP contribution is -2.34. The third-order valence-electron chi connectivity index (χ3n) is 9.96. The molecule has 1 aliphatic rings. The zero-order valence-corrected chi connectivity index (χ0v) is 35.0. The number of amides is 2. The first-order chi connectivity index (χ1) is 28.7. The number of hydrogen-bond acceptors (Lipinski definition) is 9. The zero-order chi connectivity index (χ0) is 42.2. The number of carboxylic acids is 1. The molecule has 2 N–H and O–H groups in total. The topological polar surface area (TPSA) is 140 Å². The number of allylic oxidation sites excluding steroid dienone is 4. The van der Waals surface area contributed by atoms with Crippen LogP contribution in [0.2, 0.25) is 0 Å². The number of hydrogen-bond donors (Lipinski definition) is 2. The average Bonchev–Trinajstić information content (AvgIpc) is 3.24. The molecule has 0 aliphatic heterocycles. The Kier molecular flexibility index (Phi) is 20.6. The van der Waals surface area contributed by atoms with Gasteiger partial charge < -0.3 is 39.2 Å². The third-order valence-corrected chi connectivity index (χ3v) is 9.96. The number of aliphatic carboxylic acids is 1. The van der Waals surface area contributed by atoms with Gasteiger partial charge in [0.05, 0.1) is 64.1 Å². The number of aryl methyl sites for hydroxylation is 1. The Morgan fingerprint density at radius 3 is 2.29 bits per heavy atom. The third kappa shape index (κ3) is 16.2.